The van der Waals surface area contributed by atoms with Gasteiger partial charge in [0, 0.05) is 0 Å². The second kappa shape index (κ2) is 3.10. The fourth-order valence-corrected chi connectivity index (χ4v) is 3.04. The molecule has 2 aliphatic carbocycles. The predicted octanol–water partition coefficient (Wildman–Crippen LogP) is 1.96. The zero-order valence-electron chi connectivity index (χ0n) is 6.74. The molecular weight excluding hydrogens is 211 g/mol. The molecule has 2 bridgehead atoms. The summed E-state index contributed by atoms with van der Waals surface area (Å²) in [4.78, 5) is 22.1. The largest absolute Gasteiger partial charge is 0.281 e. The SMILES string of the molecule is O=C(Cl)[C@@H]1C2C=CC(C2)[C@H]1C(=O)Cl. The molecule has 2 rings (SSSR count). The van der Waals surface area contributed by atoms with E-state index in [1.807, 2.05) is 12.2 Å². The standard InChI is InChI=1S/C9H8Cl2O2/c10-8(12)6-4-1-2-5(3-4)7(6)9(11)13/h1-2,4-7H,3H2/t4?,5?,6-,7-/m1/s1. The van der Waals surface area contributed by atoms with Crippen LogP contribution in [0.4, 0.5) is 0 Å². The van der Waals surface area contributed by atoms with E-state index in [1.54, 1.807) is 0 Å². The molecule has 4 heteroatoms. The third-order valence-electron chi connectivity index (χ3n) is 2.98. The number of carbonyl (C=O) groups excluding carboxylic acids is 2. The average Bonchev–Trinajstić information content (AvgIpc) is 2.60. The van der Waals surface area contributed by atoms with Crippen molar-refractivity contribution in [3.63, 3.8) is 0 Å². The third kappa shape index (κ3) is 1.32. The summed E-state index contributed by atoms with van der Waals surface area (Å²) < 4.78 is 0. The Bertz CT molecular complexity index is 270. The van der Waals surface area contributed by atoms with Gasteiger partial charge in [-0.1, -0.05) is 12.2 Å². The van der Waals surface area contributed by atoms with E-state index in [2.05, 4.69) is 0 Å². The molecular formula is C9H8Cl2O2. The summed E-state index contributed by atoms with van der Waals surface area (Å²) in [7, 11) is 0. The van der Waals surface area contributed by atoms with E-state index in [0.717, 1.165) is 6.42 Å². The van der Waals surface area contributed by atoms with Crippen molar-refractivity contribution in [3.8, 4) is 0 Å². The molecule has 13 heavy (non-hydrogen) atoms. The summed E-state index contributed by atoms with van der Waals surface area (Å²) in [5, 5.41) is -0.869. The van der Waals surface area contributed by atoms with Crippen molar-refractivity contribution in [2.45, 2.75) is 6.42 Å². The molecule has 70 valence electrons. The number of carbonyl (C=O) groups is 2. The first-order valence-corrected chi connectivity index (χ1v) is 4.94. The van der Waals surface area contributed by atoms with Gasteiger partial charge in [0.05, 0.1) is 11.8 Å². The highest BCUT2D eigenvalue weighted by atomic mass is 35.5. The van der Waals surface area contributed by atoms with E-state index in [4.69, 9.17) is 23.2 Å². The Hall–Kier alpha value is -0.340. The Morgan fingerprint density at radius 1 is 1.00 bits per heavy atom. The lowest BCUT2D eigenvalue weighted by Gasteiger charge is -2.20. The van der Waals surface area contributed by atoms with Gasteiger partial charge in [-0.3, -0.25) is 9.59 Å². The molecule has 0 N–H and O–H groups in total. The summed E-state index contributed by atoms with van der Waals surface area (Å²) in [5.74, 6) is -0.520. The molecule has 2 aliphatic rings. The highest BCUT2D eigenvalue weighted by molar-refractivity contribution is 6.66. The van der Waals surface area contributed by atoms with Crippen molar-refractivity contribution < 1.29 is 9.59 Å². The summed E-state index contributed by atoms with van der Waals surface area (Å²) in [6.45, 7) is 0. The van der Waals surface area contributed by atoms with Crippen LogP contribution in [0.3, 0.4) is 0 Å². The molecule has 0 aromatic heterocycles. The maximum atomic E-state index is 11.1. The number of halogens is 2. The summed E-state index contributed by atoms with van der Waals surface area (Å²) in [5.41, 5.74) is 0. The van der Waals surface area contributed by atoms with Crippen molar-refractivity contribution in [2.75, 3.05) is 0 Å². The van der Waals surface area contributed by atoms with Crippen LogP contribution in [-0.4, -0.2) is 10.5 Å². The van der Waals surface area contributed by atoms with Crippen LogP contribution in [0.2, 0.25) is 0 Å². The van der Waals surface area contributed by atoms with E-state index in [0.29, 0.717) is 0 Å². The number of hydrogen-bond donors (Lipinski definition) is 0. The lowest BCUT2D eigenvalue weighted by Crippen LogP contribution is -2.28. The van der Waals surface area contributed by atoms with Gasteiger partial charge in [-0.15, -0.1) is 0 Å². The summed E-state index contributed by atoms with van der Waals surface area (Å²) in [6, 6.07) is 0. The van der Waals surface area contributed by atoms with E-state index < -0.39 is 10.5 Å². The monoisotopic (exact) mass is 218 g/mol. The third-order valence-corrected chi connectivity index (χ3v) is 3.49. The topological polar surface area (TPSA) is 34.1 Å². The van der Waals surface area contributed by atoms with Gasteiger partial charge in [-0.05, 0) is 41.5 Å². The van der Waals surface area contributed by atoms with Crippen LogP contribution in [0.25, 0.3) is 0 Å². The van der Waals surface area contributed by atoms with Crippen molar-refractivity contribution >= 4 is 33.7 Å². The molecule has 1 fully saturated rings. The van der Waals surface area contributed by atoms with Gasteiger partial charge >= 0.3 is 0 Å². The number of rotatable bonds is 2. The van der Waals surface area contributed by atoms with E-state index in [1.165, 1.54) is 0 Å². The van der Waals surface area contributed by atoms with Gasteiger partial charge in [0.2, 0.25) is 10.5 Å². The van der Waals surface area contributed by atoms with E-state index >= 15 is 0 Å². The second-order valence-electron chi connectivity index (χ2n) is 3.61. The molecule has 4 atom stereocenters. The van der Waals surface area contributed by atoms with Crippen LogP contribution in [0.5, 0.6) is 0 Å². The molecule has 0 aliphatic heterocycles. The molecule has 0 saturated heterocycles. The Kier molecular flexibility index (Phi) is 2.20. The summed E-state index contributed by atoms with van der Waals surface area (Å²) >= 11 is 10.9. The zero-order valence-corrected chi connectivity index (χ0v) is 8.26. The van der Waals surface area contributed by atoms with E-state index in [-0.39, 0.29) is 23.7 Å². The molecule has 0 radical (unpaired) electrons. The van der Waals surface area contributed by atoms with E-state index in [9.17, 15) is 9.59 Å². The smallest absolute Gasteiger partial charge is 0.226 e. The highest BCUT2D eigenvalue weighted by Gasteiger charge is 2.50. The first kappa shape index (κ1) is 9.22. The minimum absolute atomic E-state index is 0.127. The summed E-state index contributed by atoms with van der Waals surface area (Å²) in [6.07, 6.45) is 4.77. The first-order chi connectivity index (χ1) is 6.11. The minimum atomic E-state index is -0.434. The van der Waals surface area contributed by atoms with Crippen LogP contribution in [0.1, 0.15) is 6.42 Å². The average molecular weight is 219 g/mol. The zero-order chi connectivity index (χ0) is 9.59. The molecule has 0 heterocycles. The first-order valence-electron chi connectivity index (χ1n) is 4.18. The highest BCUT2D eigenvalue weighted by Crippen LogP contribution is 2.49. The van der Waals surface area contributed by atoms with Crippen molar-refractivity contribution in [1.82, 2.24) is 0 Å². The molecule has 2 unspecified atom stereocenters. The Morgan fingerprint density at radius 3 is 1.69 bits per heavy atom. The lowest BCUT2D eigenvalue weighted by atomic mass is 9.85. The quantitative estimate of drug-likeness (QED) is 0.525. The Morgan fingerprint density at radius 2 is 1.38 bits per heavy atom. The fourth-order valence-electron chi connectivity index (χ4n) is 2.44. The van der Waals surface area contributed by atoms with Gasteiger partial charge in [-0.25, -0.2) is 0 Å². The molecule has 2 nitrogen and oxygen atoms in total. The second-order valence-corrected chi connectivity index (χ2v) is 4.35. The number of allylic oxidation sites excluding steroid dienone is 2. The van der Waals surface area contributed by atoms with Gasteiger partial charge in [0.1, 0.15) is 0 Å². The predicted molar refractivity (Wildman–Crippen MR) is 49.4 cm³/mol. The maximum absolute atomic E-state index is 11.1. The van der Waals surface area contributed by atoms with Crippen molar-refractivity contribution in [1.29, 1.82) is 0 Å². The van der Waals surface area contributed by atoms with Crippen LogP contribution in [-0.2, 0) is 9.59 Å². The van der Waals surface area contributed by atoms with Crippen LogP contribution < -0.4 is 0 Å². The Balaban J connectivity index is 2.30. The molecule has 0 aromatic rings. The Labute approximate surface area is 85.9 Å². The molecule has 1 saturated carbocycles. The molecule has 0 amide bonds. The van der Waals surface area contributed by atoms with Gasteiger partial charge < -0.3 is 0 Å². The molecule has 0 spiro atoms. The van der Waals surface area contributed by atoms with Crippen LogP contribution >= 0.6 is 23.2 Å². The number of fused-ring (bicyclic) bond motifs is 2. The normalized spacial score (nSPS) is 41.1. The van der Waals surface area contributed by atoms with Gasteiger partial charge in [0.25, 0.3) is 0 Å². The van der Waals surface area contributed by atoms with Crippen molar-refractivity contribution in [3.05, 3.63) is 12.2 Å². The molecule has 0 aromatic carbocycles. The lowest BCUT2D eigenvalue weighted by molar-refractivity contribution is -0.124. The van der Waals surface area contributed by atoms with Crippen molar-refractivity contribution in [2.24, 2.45) is 23.7 Å². The van der Waals surface area contributed by atoms with Gasteiger partial charge in [-0.2, -0.15) is 0 Å². The number of hydrogen-bond acceptors (Lipinski definition) is 2. The minimum Gasteiger partial charge on any atom is -0.281 e. The van der Waals surface area contributed by atoms with Crippen LogP contribution in [0.15, 0.2) is 12.2 Å². The fraction of sp³-hybridized carbons (Fsp3) is 0.556. The van der Waals surface area contributed by atoms with Crippen LogP contribution in [0, 0.1) is 23.7 Å². The maximum Gasteiger partial charge on any atom is 0.226 e. The van der Waals surface area contributed by atoms with Gasteiger partial charge in [0.15, 0.2) is 0 Å².